The molecule has 2 saturated heterocycles. The smallest absolute Gasteiger partial charge is 0.193 e. The minimum atomic E-state index is -0.0438. The van der Waals surface area contributed by atoms with Crippen molar-refractivity contribution in [2.45, 2.75) is 77.5 Å². The van der Waals surface area contributed by atoms with Gasteiger partial charge >= 0.3 is 0 Å². The Morgan fingerprint density at radius 3 is 2.36 bits per heavy atom. The fourth-order valence-corrected chi connectivity index (χ4v) is 3.82. The topological polar surface area (TPSA) is 40.1 Å². The average Bonchev–Trinajstić information content (AvgIpc) is 2.53. The highest BCUT2D eigenvalue weighted by molar-refractivity contribution is 14.0. The van der Waals surface area contributed by atoms with Crippen molar-refractivity contribution in [1.29, 1.82) is 0 Å². The summed E-state index contributed by atoms with van der Waals surface area (Å²) in [5.74, 6) is 1.05. The molecule has 25 heavy (non-hydrogen) atoms. The lowest BCUT2D eigenvalue weighted by Crippen LogP contribution is -2.50. The van der Waals surface area contributed by atoms with Crippen LogP contribution in [0.5, 0.6) is 0 Å². The molecule has 0 saturated carbocycles. The van der Waals surface area contributed by atoms with Crippen molar-refractivity contribution in [2.75, 3.05) is 39.8 Å². The first-order valence-electron chi connectivity index (χ1n) is 9.76. The van der Waals surface area contributed by atoms with Gasteiger partial charge in [-0.2, -0.15) is 0 Å². The molecule has 1 unspecified atom stereocenters. The molecule has 2 heterocycles. The molecule has 2 aliphatic heterocycles. The van der Waals surface area contributed by atoms with Gasteiger partial charge in [-0.15, -0.1) is 24.0 Å². The summed E-state index contributed by atoms with van der Waals surface area (Å²) in [4.78, 5) is 9.47. The highest BCUT2D eigenvalue weighted by Crippen LogP contribution is 2.20. The molecule has 0 aromatic carbocycles. The van der Waals surface area contributed by atoms with Crippen LogP contribution in [0.25, 0.3) is 0 Å². The van der Waals surface area contributed by atoms with Crippen LogP contribution in [0, 0.1) is 0 Å². The van der Waals surface area contributed by atoms with Crippen molar-refractivity contribution in [3.05, 3.63) is 0 Å². The molecular formula is C19H39IN4O. The Labute approximate surface area is 172 Å². The Morgan fingerprint density at radius 2 is 1.80 bits per heavy atom. The SMILES string of the molecule is CN=C(NCCN1CCCCC1C)N1CCC(OC(C)(C)C)CC1.I. The minimum Gasteiger partial charge on any atom is -0.372 e. The number of nitrogens with one attached hydrogen (secondary N) is 1. The minimum absolute atomic E-state index is 0. The number of ether oxygens (including phenoxy) is 1. The van der Waals surface area contributed by atoms with E-state index in [1.54, 1.807) is 0 Å². The average molecular weight is 466 g/mol. The second kappa shape index (κ2) is 10.9. The van der Waals surface area contributed by atoms with Gasteiger partial charge in [-0.05, 0) is 59.9 Å². The zero-order valence-electron chi connectivity index (χ0n) is 16.9. The predicted molar refractivity (Wildman–Crippen MR) is 117 cm³/mol. The van der Waals surface area contributed by atoms with Gasteiger partial charge in [-0.3, -0.25) is 9.89 Å². The molecule has 0 aromatic heterocycles. The van der Waals surface area contributed by atoms with E-state index in [0.29, 0.717) is 6.10 Å². The van der Waals surface area contributed by atoms with E-state index in [-0.39, 0.29) is 29.6 Å². The van der Waals surface area contributed by atoms with Crippen molar-refractivity contribution >= 4 is 29.9 Å². The number of halogens is 1. The third-order valence-electron chi connectivity index (χ3n) is 5.10. The molecule has 6 heteroatoms. The predicted octanol–water partition coefficient (Wildman–Crippen LogP) is 3.33. The molecule has 0 amide bonds. The fourth-order valence-electron chi connectivity index (χ4n) is 3.82. The molecule has 1 N–H and O–H groups in total. The molecule has 0 aliphatic carbocycles. The molecule has 0 bridgehead atoms. The van der Waals surface area contributed by atoms with Gasteiger partial charge in [0.25, 0.3) is 0 Å². The van der Waals surface area contributed by atoms with Crippen LogP contribution in [0.3, 0.4) is 0 Å². The fraction of sp³-hybridized carbons (Fsp3) is 0.947. The van der Waals surface area contributed by atoms with E-state index in [0.717, 1.165) is 51.0 Å². The number of guanidine groups is 1. The highest BCUT2D eigenvalue weighted by atomic mass is 127. The van der Waals surface area contributed by atoms with Gasteiger partial charge in [0, 0.05) is 39.3 Å². The second-order valence-corrected chi connectivity index (χ2v) is 8.27. The molecule has 0 aromatic rings. The van der Waals surface area contributed by atoms with Gasteiger partial charge in [0.1, 0.15) is 0 Å². The maximum Gasteiger partial charge on any atom is 0.193 e. The second-order valence-electron chi connectivity index (χ2n) is 8.27. The van der Waals surface area contributed by atoms with Crippen molar-refractivity contribution in [2.24, 2.45) is 4.99 Å². The summed E-state index contributed by atoms with van der Waals surface area (Å²) in [7, 11) is 1.89. The Kier molecular flexibility index (Phi) is 10.0. The van der Waals surface area contributed by atoms with Gasteiger partial charge < -0.3 is 15.0 Å². The van der Waals surface area contributed by atoms with Crippen LogP contribution < -0.4 is 5.32 Å². The largest absolute Gasteiger partial charge is 0.372 e. The normalized spacial score (nSPS) is 24.1. The van der Waals surface area contributed by atoms with Gasteiger partial charge in [-0.25, -0.2) is 0 Å². The van der Waals surface area contributed by atoms with Crippen LogP contribution in [0.15, 0.2) is 4.99 Å². The third kappa shape index (κ3) is 7.99. The molecule has 1 atom stereocenters. The van der Waals surface area contributed by atoms with Crippen LogP contribution in [-0.4, -0.2) is 73.3 Å². The molecular weight excluding hydrogens is 427 g/mol. The van der Waals surface area contributed by atoms with Crippen molar-refractivity contribution in [3.63, 3.8) is 0 Å². The van der Waals surface area contributed by atoms with Gasteiger partial charge in [0.15, 0.2) is 5.96 Å². The Hall–Kier alpha value is -0.0800. The quantitative estimate of drug-likeness (QED) is 0.392. The summed E-state index contributed by atoms with van der Waals surface area (Å²) < 4.78 is 6.12. The lowest BCUT2D eigenvalue weighted by Gasteiger charge is -2.37. The summed E-state index contributed by atoms with van der Waals surface area (Å²) >= 11 is 0. The number of aliphatic imine (C=N–C) groups is 1. The summed E-state index contributed by atoms with van der Waals surface area (Å²) in [5, 5.41) is 3.56. The van der Waals surface area contributed by atoms with Gasteiger partial charge in [0.05, 0.1) is 11.7 Å². The van der Waals surface area contributed by atoms with Crippen molar-refractivity contribution in [1.82, 2.24) is 15.1 Å². The maximum absolute atomic E-state index is 6.12. The van der Waals surface area contributed by atoms with E-state index >= 15 is 0 Å². The lowest BCUT2D eigenvalue weighted by molar-refractivity contribution is -0.0772. The monoisotopic (exact) mass is 466 g/mol. The lowest BCUT2D eigenvalue weighted by atomic mass is 10.0. The third-order valence-corrected chi connectivity index (χ3v) is 5.10. The zero-order chi connectivity index (χ0) is 17.6. The zero-order valence-corrected chi connectivity index (χ0v) is 19.2. The molecule has 2 rings (SSSR count). The first kappa shape index (κ1) is 23.0. The van der Waals surface area contributed by atoms with E-state index in [4.69, 9.17) is 4.74 Å². The van der Waals surface area contributed by atoms with Crippen LogP contribution in [0.4, 0.5) is 0 Å². The van der Waals surface area contributed by atoms with Crippen molar-refractivity contribution in [3.8, 4) is 0 Å². The first-order chi connectivity index (χ1) is 11.4. The van der Waals surface area contributed by atoms with E-state index in [9.17, 15) is 0 Å². The molecule has 148 valence electrons. The summed E-state index contributed by atoms with van der Waals surface area (Å²) in [6, 6.07) is 0.729. The Bertz CT molecular complexity index is 403. The number of hydrogen-bond donors (Lipinski definition) is 1. The van der Waals surface area contributed by atoms with E-state index < -0.39 is 0 Å². The summed E-state index contributed by atoms with van der Waals surface area (Å²) in [6.07, 6.45) is 6.63. The molecule has 2 fully saturated rings. The molecule has 5 nitrogen and oxygen atoms in total. The Morgan fingerprint density at radius 1 is 1.12 bits per heavy atom. The molecule has 2 aliphatic rings. The Balaban J connectivity index is 0.00000312. The van der Waals surface area contributed by atoms with Gasteiger partial charge in [0.2, 0.25) is 0 Å². The van der Waals surface area contributed by atoms with Crippen LogP contribution in [-0.2, 0) is 4.74 Å². The summed E-state index contributed by atoms with van der Waals surface area (Å²) in [6.45, 7) is 14.2. The van der Waals surface area contributed by atoms with E-state index in [1.165, 1.54) is 25.8 Å². The first-order valence-corrected chi connectivity index (χ1v) is 9.76. The number of rotatable bonds is 4. The standard InChI is InChI=1S/C19H38N4O.HI/c1-16-8-6-7-12-22(16)15-11-21-18(20-5)23-13-9-17(10-14-23)24-19(2,3)4;/h16-17H,6-15H2,1-5H3,(H,20,21);1H. The van der Waals surface area contributed by atoms with Crippen LogP contribution in [0.2, 0.25) is 0 Å². The molecule has 0 radical (unpaired) electrons. The number of nitrogens with zero attached hydrogens (tertiary/aromatic N) is 3. The highest BCUT2D eigenvalue weighted by Gasteiger charge is 2.25. The number of hydrogen-bond acceptors (Lipinski definition) is 3. The van der Waals surface area contributed by atoms with Crippen LogP contribution in [0.1, 0.15) is 59.8 Å². The number of likely N-dealkylation sites (tertiary alicyclic amines) is 2. The van der Waals surface area contributed by atoms with E-state index in [2.05, 4.69) is 47.8 Å². The van der Waals surface area contributed by atoms with E-state index in [1.807, 2.05) is 7.05 Å². The van der Waals surface area contributed by atoms with Gasteiger partial charge in [-0.1, -0.05) is 6.42 Å². The molecule has 0 spiro atoms. The maximum atomic E-state index is 6.12. The van der Waals surface area contributed by atoms with Crippen molar-refractivity contribution < 1.29 is 4.74 Å². The summed E-state index contributed by atoms with van der Waals surface area (Å²) in [5.41, 5.74) is -0.0438. The number of piperidine rings is 2. The van der Waals surface area contributed by atoms with Crippen LogP contribution >= 0.6 is 24.0 Å².